The van der Waals surface area contributed by atoms with E-state index in [-0.39, 0.29) is 9.83 Å². The van der Waals surface area contributed by atoms with Crippen molar-refractivity contribution >= 4 is 28.5 Å². The lowest BCUT2D eigenvalue weighted by Crippen LogP contribution is -2.35. The van der Waals surface area contributed by atoms with E-state index in [1.165, 1.54) is 0 Å². The van der Waals surface area contributed by atoms with Crippen LogP contribution in [-0.2, 0) is 4.79 Å². The largest absolute Gasteiger partial charge is 0.293 e. The molecule has 1 unspecified atom stereocenters. The van der Waals surface area contributed by atoms with Gasteiger partial charge in [-0.15, -0.1) is 0 Å². The van der Waals surface area contributed by atoms with Gasteiger partial charge in [-0.1, -0.05) is 34.7 Å². The third-order valence-electron chi connectivity index (χ3n) is 0.754. The zero-order valence-corrected chi connectivity index (χ0v) is 7.25. The maximum atomic E-state index is 10.6. The van der Waals surface area contributed by atoms with Crippen molar-refractivity contribution in [3.63, 3.8) is 0 Å². The molecule has 0 aliphatic rings. The second-order valence-electron chi connectivity index (χ2n) is 1.44. The van der Waals surface area contributed by atoms with Crippen molar-refractivity contribution in [2.75, 3.05) is 0 Å². The third-order valence-corrected chi connectivity index (χ3v) is 1.74. The number of allylic oxidation sites excluding steroid dienone is 1. The Morgan fingerprint density at radius 1 is 1.89 bits per heavy atom. The molecule has 0 aromatic heterocycles. The molecule has 1 atom stereocenters. The van der Waals surface area contributed by atoms with Crippen LogP contribution in [0.1, 0.15) is 6.92 Å². The molecule has 9 heavy (non-hydrogen) atoms. The van der Waals surface area contributed by atoms with Gasteiger partial charge in [-0.25, -0.2) is 5.84 Å². The Bertz CT molecular complexity index is 124. The molecular formula is C5H9IN2O. The van der Waals surface area contributed by atoms with Crippen LogP contribution in [0.15, 0.2) is 12.2 Å². The Balaban J connectivity index is 3.72. The van der Waals surface area contributed by atoms with E-state index in [0.29, 0.717) is 0 Å². The van der Waals surface area contributed by atoms with Gasteiger partial charge in [-0.3, -0.25) is 10.2 Å². The summed E-state index contributed by atoms with van der Waals surface area (Å²) < 4.78 is -0.155. The number of hydrogen-bond donors (Lipinski definition) is 2. The second kappa shape index (κ2) is 4.75. The van der Waals surface area contributed by atoms with Crippen molar-refractivity contribution < 1.29 is 4.79 Å². The van der Waals surface area contributed by atoms with E-state index < -0.39 is 0 Å². The normalized spacial score (nSPS) is 13.7. The van der Waals surface area contributed by atoms with Gasteiger partial charge in [0.05, 0.1) is 0 Å². The molecule has 0 aliphatic carbocycles. The van der Waals surface area contributed by atoms with Crippen LogP contribution in [0.25, 0.3) is 0 Å². The van der Waals surface area contributed by atoms with Crippen molar-refractivity contribution in [1.82, 2.24) is 5.43 Å². The molecule has 0 aromatic carbocycles. The molecule has 52 valence electrons. The Labute approximate surface area is 67.8 Å². The van der Waals surface area contributed by atoms with Crippen LogP contribution in [0.5, 0.6) is 0 Å². The molecule has 4 heteroatoms. The van der Waals surface area contributed by atoms with Gasteiger partial charge in [-0.05, 0) is 6.92 Å². The minimum atomic E-state index is -0.172. The van der Waals surface area contributed by atoms with Crippen LogP contribution >= 0.6 is 22.6 Å². The van der Waals surface area contributed by atoms with Gasteiger partial charge in [0.1, 0.15) is 3.92 Å². The first-order valence-electron chi connectivity index (χ1n) is 2.49. The van der Waals surface area contributed by atoms with Gasteiger partial charge in [0.15, 0.2) is 0 Å². The number of nitrogens with two attached hydrogens (primary N) is 1. The molecule has 0 saturated heterocycles. The average molecular weight is 240 g/mol. The molecule has 0 fully saturated rings. The molecule has 0 aromatic rings. The summed E-state index contributed by atoms with van der Waals surface area (Å²) in [7, 11) is 0. The van der Waals surface area contributed by atoms with Crippen LogP contribution in [-0.4, -0.2) is 9.83 Å². The zero-order chi connectivity index (χ0) is 7.28. The van der Waals surface area contributed by atoms with E-state index in [1.54, 1.807) is 6.08 Å². The average Bonchev–Trinajstić information content (AvgIpc) is 1.87. The quantitative estimate of drug-likeness (QED) is 0.183. The summed E-state index contributed by atoms with van der Waals surface area (Å²) in [6.45, 7) is 1.86. The summed E-state index contributed by atoms with van der Waals surface area (Å²) >= 11 is 1.99. The fraction of sp³-hybridized carbons (Fsp3) is 0.400. The first-order chi connectivity index (χ1) is 4.22. The summed E-state index contributed by atoms with van der Waals surface area (Å²) in [5.74, 6) is 4.69. The number of alkyl halides is 1. The number of halogens is 1. The maximum Gasteiger partial charge on any atom is 0.250 e. The third kappa shape index (κ3) is 3.47. The van der Waals surface area contributed by atoms with Gasteiger partial charge < -0.3 is 0 Å². The highest BCUT2D eigenvalue weighted by Gasteiger charge is 2.06. The highest BCUT2D eigenvalue weighted by atomic mass is 127. The monoisotopic (exact) mass is 240 g/mol. The van der Waals surface area contributed by atoms with Crippen molar-refractivity contribution in [1.29, 1.82) is 0 Å². The minimum Gasteiger partial charge on any atom is -0.293 e. The van der Waals surface area contributed by atoms with Crippen molar-refractivity contribution in [3.05, 3.63) is 12.2 Å². The van der Waals surface area contributed by atoms with Crippen LogP contribution < -0.4 is 11.3 Å². The maximum absolute atomic E-state index is 10.6. The summed E-state index contributed by atoms with van der Waals surface area (Å²) in [5, 5.41) is 0. The number of carbonyl (C=O) groups excluding carboxylic acids is 1. The predicted molar refractivity (Wildman–Crippen MR) is 45.0 cm³/mol. The Morgan fingerprint density at radius 3 is 2.78 bits per heavy atom. The highest BCUT2D eigenvalue weighted by Crippen LogP contribution is 2.00. The molecule has 3 nitrogen and oxygen atoms in total. The zero-order valence-electron chi connectivity index (χ0n) is 5.10. The van der Waals surface area contributed by atoms with Crippen LogP contribution in [0.4, 0.5) is 0 Å². The lowest BCUT2D eigenvalue weighted by molar-refractivity contribution is -0.119. The number of carbonyl (C=O) groups is 1. The van der Waals surface area contributed by atoms with E-state index in [4.69, 9.17) is 5.84 Å². The van der Waals surface area contributed by atoms with Crippen LogP contribution in [0, 0.1) is 0 Å². The summed E-state index contributed by atoms with van der Waals surface area (Å²) in [6.07, 6.45) is 3.58. The SMILES string of the molecule is C/C=C\C(I)C(=O)NN. The summed E-state index contributed by atoms with van der Waals surface area (Å²) in [6, 6.07) is 0. The number of amides is 1. The smallest absolute Gasteiger partial charge is 0.250 e. The fourth-order valence-corrected chi connectivity index (χ4v) is 0.931. The Morgan fingerprint density at radius 2 is 2.44 bits per heavy atom. The Hall–Kier alpha value is -0.100. The van der Waals surface area contributed by atoms with E-state index in [2.05, 4.69) is 5.43 Å². The molecule has 0 spiro atoms. The van der Waals surface area contributed by atoms with Crippen molar-refractivity contribution in [3.8, 4) is 0 Å². The number of hydrogen-bond acceptors (Lipinski definition) is 2. The van der Waals surface area contributed by atoms with Gasteiger partial charge in [0, 0.05) is 0 Å². The Kier molecular flexibility index (Phi) is 4.70. The molecule has 0 saturated carbocycles. The number of nitrogens with one attached hydrogen (secondary N) is 1. The summed E-state index contributed by atoms with van der Waals surface area (Å²) in [4.78, 5) is 10.6. The van der Waals surface area contributed by atoms with Gasteiger partial charge in [0.2, 0.25) is 0 Å². The fourth-order valence-electron chi connectivity index (χ4n) is 0.336. The topological polar surface area (TPSA) is 55.1 Å². The second-order valence-corrected chi connectivity index (χ2v) is 2.78. The van der Waals surface area contributed by atoms with Gasteiger partial charge in [0.25, 0.3) is 5.91 Å². The molecule has 0 heterocycles. The number of rotatable bonds is 2. The minimum absolute atomic E-state index is 0.155. The molecule has 0 aliphatic heterocycles. The lowest BCUT2D eigenvalue weighted by Gasteiger charge is -1.99. The standard InChI is InChI=1S/C5H9IN2O/c1-2-3-4(6)5(9)8-7/h2-4H,7H2,1H3,(H,8,9)/b3-2-. The molecule has 3 N–H and O–H groups in total. The highest BCUT2D eigenvalue weighted by molar-refractivity contribution is 14.1. The molecule has 1 amide bonds. The van der Waals surface area contributed by atoms with Crippen molar-refractivity contribution in [2.24, 2.45) is 5.84 Å². The van der Waals surface area contributed by atoms with E-state index >= 15 is 0 Å². The first kappa shape index (κ1) is 8.90. The molecule has 0 radical (unpaired) electrons. The van der Waals surface area contributed by atoms with Crippen LogP contribution in [0.2, 0.25) is 0 Å². The predicted octanol–water partition coefficient (Wildman–Crippen LogP) is 0.356. The van der Waals surface area contributed by atoms with E-state index in [9.17, 15) is 4.79 Å². The number of hydrazine groups is 1. The van der Waals surface area contributed by atoms with Gasteiger partial charge in [-0.2, -0.15) is 0 Å². The van der Waals surface area contributed by atoms with Crippen LogP contribution in [0.3, 0.4) is 0 Å². The van der Waals surface area contributed by atoms with Crippen molar-refractivity contribution in [2.45, 2.75) is 10.8 Å². The first-order valence-corrected chi connectivity index (χ1v) is 3.74. The van der Waals surface area contributed by atoms with E-state index in [0.717, 1.165) is 0 Å². The van der Waals surface area contributed by atoms with E-state index in [1.807, 2.05) is 35.6 Å². The lowest BCUT2D eigenvalue weighted by atomic mass is 10.4. The molecule has 0 rings (SSSR count). The molecular weight excluding hydrogens is 231 g/mol. The van der Waals surface area contributed by atoms with Gasteiger partial charge >= 0.3 is 0 Å². The molecule has 0 bridgehead atoms. The summed E-state index contributed by atoms with van der Waals surface area (Å²) in [5.41, 5.74) is 2.05.